The molecule has 2 aromatic carbocycles. The van der Waals surface area contributed by atoms with E-state index in [1.54, 1.807) is 12.1 Å². The van der Waals surface area contributed by atoms with Crippen molar-refractivity contribution < 1.29 is 14.4 Å². The highest BCUT2D eigenvalue weighted by Gasteiger charge is 2.11. The molecule has 0 saturated heterocycles. The van der Waals surface area contributed by atoms with Crippen LogP contribution in [0, 0.1) is 0 Å². The van der Waals surface area contributed by atoms with E-state index in [1.165, 1.54) is 12.1 Å². The molecule has 0 aliphatic carbocycles. The number of hydrogen-bond acceptors (Lipinski definition) is 4. The summed E-state index contributed by atoms with van der Waals surface area (Å²) in [5, 5.41) is 12.9. The Morgan fingerprint density at radius 2 is 1.90 bits per heavy atom. The van der Waals surface area contributed by atoms with Crippen molar-refractivity contribution in [2.45, 2.75) is 6.42 Å². The zero-order chi connectivity index (χ0) is 14.7. The molecule has 0 bridgehead atoms. The number of nitrogens with zero attached hydrogens (tertiary/aromatic N) is 2. The lowest BCUT2D eigenvalue weighted by atomic mass is 10.1. The molecular weight excluding hydrogens is 268 g/mol. The van der Waals surface area contributed by atoms with Gasteiger partial charge in [-0.3, -0.25) is 0 Å². The van der Waals surface area contributed by atoms with Crippen LogP contribution in [-0.4, -0.2) is 21.2 Å². The minimum atomic E-state index is -0.982. The average Bonchev–Trinajstić information content (AvgIpc) is 2.97. The first-order valence-electron chi connectivity index (χ1n) is 6.42. The Hall–Kier alpha value is -2.95. The van der Waals surface area contributed by atoms with Gasteiger partial charge in [-0.1, -0.05) is 47.6 Å². The van der Waals surface area contributed by atoms with E-state index in [1.807, 2.05) is 30.3 Å². The van der Waals surface area contributed by atoms with Crippen LogP contribution in [0.25, 0.3) is 11.4 Å². The van der Waals surface area contributed by atoms with Gasteiger partial charge < -0.3 is 9.63 Å². The van der Waals surface area contributed by atoms with Gasteiger partial charge >= 0.3 is 5.97 Å². The zero-order valence-electron chi connectivity index (χ0n) is 11.1. The van der Waals surface area contributed by atoms with Gasteiger partial charge in [-0.05, 0) is 17.7 Å². The van der Waals surface area contributed by atoms with Gasteiger partial charge in [0.1, 0.15) is 0 Å². The first-order valence-corrected chi connectivity index (χ1v) is 6.42. The first kappa shape index (κ1) is 13.1. The van der Waals surface area contributed by atoms with E-state index in [4.69, 9.17) is 9.63 Å². The minimum Gasteiger partial charge on any atom is -0.478 e. The molecule has 0 aliphatic rings. The molecule has 5 heteroatoms. The fourth-order valence-electron chi connectivity index (χ4n) is 2.01. The van der Waals surface area contributed by atoms with Crippen LogP contribution in [0.4, 0.5) is 0 Å². The van der Waals surface area contributed by atoms with Crippen LogP contribution in [0.3, 0.4) is 0 Å². The lowest BCUT2D eigenvalue weighted by molar-refractivity contribution is 0.0697. The second kappa shape index (κ2) is 5.58. The average molecular weight is 280 g/mol. The van der Waals surface area contributed by atoms with Crippen LogP contribution in [0.2, 0.25) is 0 Å². The minimum absolute atomic E-state index is 0.196. The number of carboxylic acids is 1. The van der Waals surface area contributed by atoms with Gasteiger partial charge in [-0.25, -0.2) is 4.79 Å². The van der Waals surface area contributed by atoms with Crippen molar-refractivity contribution in [2.75, 3.05) is 0 Å². The number of benzene rings is 2. The van der Waals surface area contributed by atoms with Crippen molar-refractivity contribution in [1.29, 1.82) is 0 Å². The summed E-state index contributed by atoms with van der Waals surface area (Å²) in [5.41, 5.74) is 1.90. The molecule has 1 heterocycles. The van der Waals surface area contributed by atoms with Crippen molar-refractivity contribution in [1.82, 2.24) is 10.1 Å². The molecule has 0 saturated carbocycles. The normalized spacial score (nSPS) is 10.5. The number of rotatable bonds is 4. The molecule has 0 spiro atoms. The Kier molecular flexibility index (Phi) is 3.47. The smallest absolute Gasteiger partial charge is 0.335 e. The fourth-order valence-corrected chi connectivity index (χ4v) is 2.01. The van der Waals surface area contributed by atoms with Crippen molar-refractivity contribution in [3.05, 3.63) is 71.6 Å². The van der Waals surface area contributed by atoms with Gasteiger partial charge in [0.05, 0.1) is 12.0 Å². The molecule has 1 aromatic heterocycles. The summed E-state index contributed by atoms with van der Waals surface area (Å²) < 4.78 is 5.21. The van der Waals surface area contributed by atoms with E-state index < -0.39 is 5.97 Å². The van der Waals surface area contributed by atoms with Crippen LogP contribution in [0.1, 0.15) is 21.8 Å². The van der Waals surface area contributed by atoms with Gasteiger partial charge in [-0.2, -0.15) is 4.98 Å². The maximum Gasteiger partial charge on any atom is 0.335 e. The third-order valence-electron chi connectivity index (χ3n) is 3.03. The summed E-state index contributed by atoms with van der Waals surface area (Å²) in [4.78, 5) is 15.3. The van der Waals surface area contributed by atoms with E-state index in [0.29, 0.717) is 23.7 Å². The second-order valence-electron chi connectivity index (χ2n) is 4.56. The predicted octanol–water partition coefficient (Wildman–Crippen LogP) is 3.03. The van der Waals surface area contributed by atoms with Crippen molar-refractivity contribution in [3.8, 4) is 11.4 Å². The molecule has 21 heavy (non-hydrogen) atoms. The van der Waals surface area contributed by atoms with E-state index in [2.05, 4.69) is 10.1 Å². The van der Waals surface area contributed by atoms with Gasteiger partial charge in [0, 0.05) is 5.56 Å². The maximum atomic E-state index is 11.0. The van der Waals surface area contributed by atoms with Crippen LogP contribution < -0.4 is 0 Å². The molecule has 3 aromatic rings. The number of carboxylic acid groups (broad SMARTS) is 1. The molecule has 1 N–H and O–H groups in total. The molecule has 0 radical (unpaired) electrons. The first-order chi connectivity index (χ1) is 10.2. The maximum absolute atomic E-state index is 11.0. The molecule has 0 unspecified atom stereocenters. The Morgan fingerprint density at radius 1 is 1.10 bits per heavy atom. The topological polar surface area (TPSA) is 76.2 Å². The van der Waals surface area contributed by atoms with Gasteiger partial charge in [0.15, 0.2) is 0 Å². The molecular formula is C16H12N2O3. The Morgan fingerprint density at radius 3 is 2.67 bits per heavy atom. The highest BCUT2D eigenvalue weighted by atomic mass is 16.5. The quantitative estimate of drug-likeness (QED) is 0.795. The second-order valence-corrected chi connectivity index (χ2v) is 4.56. The van der Waals surface area contributed by atoms with Gasteiger partial charge in [0.25, 0.3) is 0 Å². The third kappa shape index (κ3) is 2.97. The van der Waals surface area contributed by atoms with Crippen LogP contribution in [0.15, 0.2) is 59.1 Å². The summed E-state index contributed by atoms with van der Waals surface area (Å²) in [7, 11) is 0. The van der Waals surface area contributed by atoms with Gasteiger partial charge in [-0.15, -0.1) is 0 Å². The van der Waals surface area contributed by atoms with E-state index >= 15 is 0 Å². The van der Waals surface area contributed by atoms with Crippen molar-refractivity contribution in [3.63, 3.8) is 0 Å². The van der Waals surface area contributed by atoms with E-state index in [0.717, 1.165) is 5.56 Å². The zero-order valence-corrected chi connectivity index (χ0v) is 11.1. The Labute approximate surface area is 120 Å². The largest absolute Gasteiger partial charge is 0.478 e. The summed E-state index contributed by atoms with van der Waals surface area (Å²) in [6, 6.07) is 16.3. The Bertz CT molecular complexity index is 766. The summed E-state index contributed by atoms with van der Waals surface area (Å²) in [6.45, 7) is 0. The van der Waals surface area contributed by atoms with Crippen molar-refractivity contribution in [2.24, 2.45) is 0 Å². The van der Waals surface area contributed by atoms with E-state index in [9.17, 15) is 4.79 Å². The summed E-state index contributed by atoms with van der Waals surface area (Å²) in [6.07, 6.45) is 0.548. The Balaban J connectivity index is 1.85. The summed E-state index contributed by atoms with van der Waals surface area (Å²) in [5.74, 6) is -0.0918. The lowest BCUT2D eigenvalue weighted by Gasteiger charge is -1.97. The highest BCUT2D eigenvalue weighted by molar-refractivity contribution is 5.89. The van der Waals surface area contributed by atoms with Gasteiger partial charge in [0.2, 0.25) is 11.7 Å². The lowest BCUT2D eigenvalue weighted by Crippen LogP contribution is -1.96. The number of aromatic nitrogens is 2. The van der Waals surface area contributed by atoms with E-state index in [-0.39, 0.29) is 5.56 Å². The molecule has 0 amide bonds. The van der Waals surface area contributed by atoms with Crippen LogP contribution in [-0.2, 0) is 6.42 Å². The molecule has 0 fully saturated rings. The molecule has 104 valence electrons. The van der Waals surface area contributed by atoms with Crippen molar-refractivity contribution >= 4 is 5.97 Å². The number of aromatic carboxylic acids is 1. The SMILES string of the molecule is O=C(O)c1cccc(-c2noc(Cc3ccccc3)n2)c1. The third-order valence-corrected chi connectivity index (χ3v) is 3.03. The van der Waals surface area contributed by atoms with Crippen LogP contribution in [0.5, 0.6) is 0 Å². The van der Waals surface area contributed by atoms with Crippen LogP contribution >= 0.6 is 0 Å². The standard InChI is InChI=1S/C16H12N2O3/c19-16(20)13-8-4-7-12(10-13)15-17-14(21-18-15)9-11-5-2-1-3-6-11/h1-8,10H,9H2,(H,19,20). The predicted molar refractivity (Wildman–Crippen MR) is 75.9 cm³/mol. The molecule has 3 rings (SSSR count). The highest BCUT2D eigenvalue weighted by Crippen LogP contribution is 2.18. The number of carbonyl (C=O) groups is 1. The fraction of sp³-hybridized carbons (Fsp3) is 0.0625. The molecule has 0 aliphatic heterocycles. The molecule has 0 atom stereocenters. The monoisotopic (exact) mass is 280 g/mol. The number of hydrogen-bond donors (Lipinski definition) is 1. The summed E-state index contributed by atoms with van der Waals surface area (Å²) >= 11 is 0. The molecule has 5 nitrogen and oxygen atoms in total.